The molecule has 0 amide bonds. The summed E-state index contributed by atoms with van der Waals surface area (Å²) in [6.45, 7) is 2.63. The molecule has 0 atom stereocenters. The number of methoxy groups -OCH3 is 1. The third-order valence-electron chi connectivity index (χ3n) is 4.28. The van der Waals surface area contributed by atoms with Crippen LogP contribution < -0.4 is 15.0 Å². The predicted molar refractivity (Wildman–Crippen MR) is 96.3 cm³/mol. The van der Waals surface area contributed by atoms with Crippen molar-refractivity contribution in [3.63, 3.8) is 0 Å². The molecule has 0 saturated heterocycles. The second kappa shape index (κ2) is 8.62. The van der Waals surface area contributed by atoms with Gasteiger partial charge in [0.15, 0.2) is 5.75 Å². The van der Waals surface area contributed by atoms with E-state index in [0.717, 1.165) is 12.8 Å². The molecule has 0 aliphatic heterocycles. The number of rotatable bonds is 9. The summed E-state index contributed by atoms with van der Waals surface area (Å²) in [7, 11) is 3.23. The minimum atomic E-state index is -0.334. The lowest BCUT2D eigenvalue weighted by Gasteiger charge is -2.13. The third-order valence-corrected chi connectivity index (χ3v) is 4.28. The molecular weight excluding hydrogens is 306 g/mol. The van der Waals surface area contributed by atoms with Gasteiger partial charge in [-0.3, -0.25) is 4.79 Å². The van der Waals surface area contributed by atoms with Crippen molar-refractivity contribution in [2.45, 2.75) is 45.4 Å². The van der Waals surface area contributed by atoms with Crippen molar-refractivity contribution in [1.29, 1.82) is 0 Å². The van der Waals surface area contributed by atoms with Gasteiger partial charge < -0.3 is 19.1 Å². The van der Waals surface area contributed by atoms with Gasteiger partial charge in [-0.15, -0.1) is 0 Å². The molecule has 0 aliphatic carbocycles. The molecule has 5 heteroatoms. The minimum absolute atomic E-state index is 0.0312. The smallest absolute Gasteiger partial charge is 0.297 e. The van der Waals surface area contributed by atoms with E-state index in [4.69, 9.17) is 9.47 Å². The first kappa shape index (κ1) is 18.2. The second-order valence-corrected chi connectivity index (χ2v) is 6.04. The van der Waals surface area contributed by atoms with Crippen molar-refractivity contribution in [1.82, 2.24) is 4.57 Å². The maximum atomic E-state index is 12.4. The SMILES string of the molecule is CCCCCCCCOc1c(O)c2ccc(OC)cc2n(C)c1=O. The Morgan fingerprint density at radius 3 is 2.54 bits per heavy atom. The molecule has 1 heterocycles. The number of fused-ring (bicyclic) bond motifs is 1. The first-order valence-corrected chi connectivity index (χ1v) is 8.62. The topological polar surface area (TPSA) is 60.7 Å². The number of aromatic hydroxyl groups is 1. The summed E-state index contributed by atoms with van der Waals surface area (Å²) in [4.78, 5) is 12.4. The van der Waals surface area contributed by atoms with Gasteiger partial charge in [-0.05, 0) is 18.6 Å². The van der Waals surface area contributed by atoms with Crippen LogP contribution in [0.25, 0.3) is 10.9 Å². The standard InChI is InChI=1S/C19H27NO4/c1-4-5-6-7-8-9-12-24-18-17(21)15-11-10-14(23-3)13-16(15)20(2)19(18)22/h10-11,13,21H,4-9,12H2,1-3H3. The maximum Gasteiger partial charge on any atom is 0.297 e. The molecule has 5 nitrogen and oxygen atoms in total. The molecule has 0 bridgehead atoms. The Morgan fingerprint density at radius 2 is 1.83 bits per heavy atom. The lowest BCUT2D eigenvalue weighted by Crippen LogP contribution is -2.20. The molecule has 24 heavy (non-hydrogen) atoms. The Morgan fingerprint density at radius 1 is 1.12 bits per heavy atom. The zero-order chi connectivity index (χ0) is 17.5. The van der Waals surface area contributed by atoms with Crippen molar-refractivity contribution < 1.29 is 14.6 Å². The van der Waals surface area contributed by atoms with Crippen LogP contribution in [-0.2, 0) is 7.05 Å². The summed E-state index contributed by atoms with van der Waals surface area (Å²) >= 11 is 0. The largest absolute Gasteiger partial charge is 0.504 e. The van der Waals surface area contributed by atoms with E-state index in [2.05, 4.69) is 6.92 Å². The van der Waals surface area contributed by atoms with Crippen LogP contribution in [0.4, 0.5) is 0 Å². The van der Waals surface area contributed by atoms with Crippen LogP contribution in [0, 0.1) is 0 Å². The first-order chi connectivity index (χ1) is 11.6. The molecule has 2 aromatic rings. The summed E-state index contributed by atoms with van der Waals surface area (Å²) in [5, 5.41) is 11.0. The van der Waals surface area contributed by atoms with Crippen molar-refractivity contribution in [3.05, 3.63) is 28.6 Å². The highest BCUT2D eigenvalue weighted by atomic mass is 16.5. The molecule has 1 N–H and O–H groups in total. The van der Waals surface area contributed by atoms with Crippen molar-refractivity contribution in [3.8, 4) is 17.2 Å². The van der Waals surface area contributed by atoms with E-state index in [1.165, 1.54) is 30.3 Å². The fraction of sp³-hybridized carbons (Fsp3) is 0.526. The summed E-state index contributed by atoms with van der Waals surface area (Å²) in [6.07, 6.45) is 6.86. The molecule has 1 aromatic heterocycles. The van der Waals surface area contributed by atoms with Crippen molar-refractivity contribution >= 4 is 10.9 Å². The summed E-state index contributed by atoms with van der Waals surface area (Å²) in [5.74, 6) is 0.572. The third kappa shape index (κ3) is 4.02. The number of nitrogens with zero attached hydrogens (tertiary/aromatic N) is 1. The fourth-order valence-corrected chi connectivity index (χ4v) is 2.79. The van der Waals surface area contributed by atoms with Crippen LogP contribution in [0.3, 0.4) is 0 Å². The minimum Gasteiger partial charge on any atom is -0.504 e. The van der Waals surface area contributed by atoms with Gasteiger partial charge in [0.25, 0.3) is 5.56 Å². The van der Waals surface area contributed by atoms with Gasteiger partial charge >= 0.3 is 0 Å². The number of ether oxygens (including phenoxy) is 2. The maximum absolute atomic E-state index is 12.4. The zero-order valence-electron chi connectivity index (χ0n) is 14.8. The molecule has 0 radical (unpaired) electrons. The van der Waals surface area contributed by atoms with Gasteiger partial charge in [-0.25, -0.2) is 0 Å². The van der Waals surface area contributed by atoms with E-state index >= 15 is 0 Å². The van der Waals surface area contributed by atoms with Crippen LogP contribution in [0.15, 0.2) is 23.0 Å². The van der Waals surface area contributed by atoms with Gasteiger partial charge in [0.2, 0.25) is 5.75 Å². The first-order valence-electron chi connectivity index (χ1n) is 8.62. The van der Waals surface area contributed by atoms with Crippen LogP contribution in [-0.4, -0.2) is 23.4 Å². The molecule has 132 valence electrons. The van der Waals surface area contributed by atoms with Crippen LogP contribution >= 0.6 is 0 Å². The van der Waals surface area contributed by atoms with Crippen LogP contribution in [0.2, 0.25) is 0 Å². The lowest BCUT2D eigenvalue weighted by molar-refractivity contribution is 0.284. The molecule has 0 saturated carbocycles. The van der Waals surface area contributed by atoms with E-state index in [1.807, 2.05) is 0 Å². The molecule has 0 aliphatic rings. The van der Waals surface area contributed by atoms with Gasteiger partial charge in [-0.1, -0.05) is 39.0 Å². The molecule has 1 aromatic carbocycles. The van der Waals surface area contributed by atoms with E-state index in [1.54, 1.807) is 32.4 Å². The molecular formula is C19H27NO4. The number of hydrogen-bond donors (Lipinski definition) is 1. The highest BCUT2D eigenvalue weighted by molar-refractivity contribution is 5.88. The predicted octanol–water partition coefficient (Wildman–Crippen LogP) is 3.99. The quantitative estimate of drug-likeness (QED) is 0.705. The van der Waals surface area contributed by atoms with E-state index < -0.39 is 0 Å². The normalized spacial score (nSPS) is 11.0. The molecule has 0 unspecified atom stereocenters. The number of unbranched alkanes of at least 4 members (excludes halogenated alkanes) is 5. The highest BCUT2D eigenvalue weighted by Crippen LogP contribution is 2.33. The van der Waals surface area contributed by atoms with Crippen molar-refractivity contribution in [2.75, 3.05) is 13.7 Å². The lowest BCUT2D eigenvalue weighted by atomic mass is 10.1. The molecule has 0 spiro atoms. The van der Waals surface area contributed by atoms with Crippen LogP contribution in [0.5, 0.6) is 17.2 Å². The monoisotopic (exact) mass is 333 g/mol. The van der Waals surface area contributed by atoms with E-state index in [-0.39, 0.29) is 17.1 Å². The number of hydrogen-bond acceptors (Lipinski definition) is 4. The van der Waals surface area contributed by atoms with Crippen LogP contribution in [0.1, 0.15) is 45.4 Å². The Labute approximate surface area is 142 Å². The van der Waals surface area contributed by atoms with E-state index in [9.17, 15) is 9.90 Å². The molecule has 0 fully saturated rings. The average molecular weight is 333 g/mol. The van der Waals surface area contributed by atoms with E-state index in [0.29, 0.717) is 23.3 Å². The Bertz CT molecular complexity index is 736. The Balaban J connectivity index is 2.12. The Kier molecular flexibility index (Phi) is 6.53. The van der Waals surface area contributed by atoms with Gasteiger partial charge in [0, 0.05) is 18.5 Å². The van der Waals surface area contributed by atoms with Gasteiger partial charge in [0.1, 0.15) is 5.75 Å². The Hall–Kier alpha value is -2.17. The number of pyridine rings is 1. The second-order valence-electron chi connectivity index (χ2n) is 6.04. The van der Waals surface area contributed by atoms with Gasteiger partial charge in [0.05, 0.1) is 19.2 Å². The average Bonchev–Trinajstić information content (AvgIpc) is 2.61. The number of aryl methyl sites for hydroxylation is 1. The zero-order valence-corrected chi connectivity index (χ0v) is 14.8. The summed E-state index contributed by atoms with van der Waals surface area (Å²) in [6, 6.07) is 5.22. The fourth-order valence-electron chi connectivity index (χ4n) is 2.79. The molecule has 2 rings (SSSR count). The number of aromatic nitrogens is 1. The van der Waals surface area contributed by atoms with Crippen molar-refractivity contribution in [2.24, 2.45) is 7.05 Å². The van der Waals surface area contributed by atoms with Gasteiger partial charge in [-0.2, -0.15) is 0 Å². The highest BCUT2D eigenvalue weighted by Gasteiger charge is 2.16. The summed E-state index contributed by atoms with van der Waals surface area (Å²) < 4.78 is 12.3. The summed E-state index contributed by atoms with van der Waals surface area (Å²) in [5.41, 5.74) is 0.281. The number of benzene rings is 1.